The van der Waals surface area contributed by atoms with Gasteiger partial charge in [0.05, 0.1) is 0 Å². The van der Waals surface area contributed by atoms with Gasteiger partial charge in [0.2, 0.25) is 5.91 Å². The highest BCUT2D eigenvalue weighted by molar-refractivity contribution is 7.86. The molecule has 0 N–H and O–H groups in total. The first-order valence-corrected chi connectivity index (χ1v) is 10.4. The maximum absolute atomic E-state index is 12.5. The molecular weight excluding hydrogens is 314 g/mol. The molecule has 1 aliphatic carbocycles. The highest BCUT2D eigenvalue weighted by Crippen LogP contribution is 2.26. The Morgan fingerprint density at radius 1 is 1.09 bits per heavy atom. The fourth-order valence-corrected chi connectivity index (χ4v) is 4.82. The van der Waals surface area contributed by atoms with Crippen LogP contribution in [-0.4, -0.2) is 67.6 Å². The first kappa shape index (κ1) is 18.7. The lowest BCUT2D eigenvalue weighted by Gasteiger charge is -2.37. The van der Waals surface area contributed by atoms with E-state index in [4.69, 9.17) is 0 Å². The Hall–Kier alpha value is -0.660. The van der Waals surface area contributed by atoms with Gasteiger partial charge < -0.3 is 4.90 Å². The predicted molar refractivity (Wildman–Crippen MR) is 91.2 cm³/mol. The van der Waals surface area contributed by atoms with Gasteiger partial charge in [-0.05, 0) is 19.3 Å². The third-order valence-electron chi connectivity index (χ3n) is 5.05. The first-order chi connectivity index (χ1) is 11.0. The van der Waals surface area contributed by atoms with Crippen LogP contribution < -0.4 is 0 Å². The Balaban J connectivity index is 1.86. The largest absolute Gasteiger partial charge is 0.340 e. The average Bonchev–Trinajstić information content (AvgIpc) is 2.59. The number of hydrogen-bond donors (Lipinski definition) is 0. The van der Waals surface area contributed by atoms with E-state index in [0.29, 0.717) is 32.7 Å². The molecule has 0 spiro atoms. The van der Waals surface area contributed by atoms with E-state index in [1.165, 1.54) is 15.0 Å². The van der Waals surface area contributed by atoms with Crippen LogP contribution in [0.2, 0.25) is 0 Å². The quantitative estimate of drug-likeness (QED) is 0.736. The lowest BCUT2D eigenvalue weighted by Crippen LogP contribution is -2.54. The maximum atomic E-state index is 12.5. The van der Waals surface area contributed by atoms with E-state index in [1.54, 1.807) is 7.05 Å². The van der Waals surface area contributed by atoms with Crippen molar-refractivity contribution in [1.82, 2.24) is 13.5 Å². The van der Waals surface area contributed by atoms with Gasteiger partial charge in [0.1, 0.15) is 0 Å². The van der Waals surface area contributed by atoms with Crippen molar-refractivity contribution in [3.8, 4) is 0 Å². The van der Waals surface area contributed by atoms with Gasteiger partial charge in [-0.2, -0.15) is 17.0 Å². The third kappa shape index (κ3) is 4.67. The summed E-state index contributed by atoms with van der Waals surface area (Å²) in [6.07, 6.45) is 7.37. The molecule has 0 unspecified atom stereocenters. The van der Waals surface area contributed by atoms with Crippen molar-refractivity contribution in [3.63, 3.8) is 0 Å². The molecule has 1 aliphatic heterocycles. The SMILES string of the molecule is CCCCN(C)S(=O)(=O)N1CCN(C(=O)C2CCCCC2)CC1. The maximum Gasteiger partial charge on any atom is 0.281 e. The van der Waals surface area contributed by atoms with Crippen LogP contribution in [0.1, 0.15) is 51.9 Å². The van der Waals surface area contributed by atoms with Gasteiger partial charge in [-0.1, -0.05) is 32.6 Å². The predicted octanol–water partition coefficient (Wildman–Crippen LogP) is 1.69. The molecule has 2 rings (SSSR count). The summed E-state index contributed by atoms with van der Waals surface area (Å²) in [5, 5.41) is 0. The summed E-state index contributed by atoms with van der Waals surface area (Å²) in [5.74, 6) is 0.403. The second kappa shape index (κ2) is 8.44. The molecule has 0 atom stereocenters. The Morgan fingerprint density at radius 3 is 2.26 bits per heavy atom. The van der Waals surface area contributed by atoms with Gasteiger partial charge in [0.25, 0.3) is 10.2 Å². The monoisotopic (exact) mass is 345 g/mol. The summed E-state index contributed by atoms with van der Waals surface area (Å²) in [7, 11) is -1.74. The smallest absolute Gasteiger partial charge is 0.281 e. The minimum atomic E-state index is -3.38. The van der Waals surface area contributed by atoms with E-state index in [0.717, 1.165) is 38.5 Å². The number of hydrogen-bond acceptors (Lipinski definition) is 3. The Bertz CT molecular complexity index is 481. The van der Waals surface area contributed by atoms with Crippen molar-refractivity contribution < 1.29 is 13.2 Å². The molecule has 0 bridgehead atoms. The molecule has 0 radical (unpaired) electrons. The van der Waals surface area contributed by atoms with E-state index < -0.39 is 10.2 Å². The zero-order valence-corrected chi connectivity index (χ0v) is 15.4. The van der Waals surface area contributed by atoms with Crippen LogP contribution >= 0.6 is 0 Å². The summed E-state index contributed by atoms with van der Waals surface area (Å²) < 4.78 is 28.0. The molecule has 1 saturated carbocycles. The molecule has 1 heterocycles. The Kier molecular flexibility index (Phi) is 6.85. The minimum Gasteiger partial charge on any atom is -0.340 e. The van der Waals surface area contributed by atoms with Crippen molar-refractivity contribution in [3.05, 3.63) is 0 Å². The molecule has 2 fully saturated rings. The van der Waals surface area contributed by atoms with E-state index in [1.807, 2.05) is 4.90 Å². The highest BCUT2D eigenvalue weighted by atomic mass is 32.2. The summed E-state index contributed by atoms with van der Waals surface area (Å²) in [6, 6.07) is 0. The van der Waals surface area contributed by atoms with Crippen LogP contribution in [0.15, 0.2) is 0 Å². The van der Waals surface area contributed by atoms with E-state index in [-0.39, 0.29) is 11.8 Å². The molecule has 23 heavy (non-hydrogen) atoms. The zero-order chi connectivity index (χ0) is 16.9. The van der Waals surface area contributed by atoms with Gasteiger partial charge in [-0.25, -0.2) is 0 Å². The van der Waals surface area contributed by atoms with Gasteiger partial charge in [0.15, 0.2) is 0 Å². The topological polar surface area (TPSA) is 60.9 Å². The summed E-state index contributed by atoms with van der Waals surface area (Å²) in [5.41, 5.74) is 0. The highest BCUT2D eigenvalue weighted by Gasteiger charge is 2.33. The van der Waals surface area contributed by atoms with Crippen LogP contribution in [0, 0.1) is 5.92 Å². The summed E-state index contributed by atoms with van der Waals surface area (Å²) >= 11 is 0. The molecule has 0 aromatic heterocycles. The summed E-state index contributed by atoms with van der Waals surface area (Å²) in [6.45, 7) is 4.48. The molecule has 0 aromatic carbocycles. The first-order valence-electron chi connectivity index (χ1n) is 8.97. The number of amides is 1. The zero-order valence-electron chi connectivity index (χ0n) is 14.5. The van der Waals surface area contributed by atoms with Crippen LogP contribution in [0.5, 0.6) is 0 Å². The normalized spacial score (nSPS) is 21.8. The standard InChI is InChI=1S/C16H31N3O3S/c1-3-4-10-17(2)23(21,22)19-13-11-18(12-14-19)16(20)15-8-6-5-7-9-15/h15H,3-14H2,1-2H3. The van der Waals surface area contributed by atoms with Crippen LogP contribution in [0.25, 0.3) is 0 Å². The van der Waals surface area contributed by atoms with Crippen molar-refractivity contribution in [1.29, 1.82) is 0 Å². The fourth-order valence-electron chi connectivity index (χ4n) is 3.44. The van der Waals surface area contributed by atoms with Gasteiger partial charge in [-0.15, -0.1) is 0 Å². The number of carbonyl (C=O) groups is 1. The molecule has 1 amide bonds. The Morgan fingerprint density at radius 2 is 1.70 bits per heavy atom. The van der Waals surface area contributed by atoms with E-state index in [2.05, 4.69) is 6.92 Å². The summed E-state index contributed by atoms with van der Waals surface area (Å²) in [4.78, 5) is 14.4. The fraction of sp³-hybridized carbons (Fsp3) is 0.938. The molecular formula is C16H31N3O3S. The second-order valence-corrected chi connectivity index (χ2v) is 8.78. The molecule has 2 aliphatic rings. The van der Waals surface area contributed by atoms with E-state index in [9.17, 15) is 13.2 Å². The molecule has 1 saturated heterocycles. The number of piperazine rings is 1. The van der Waals surface area contributed by atoms with Crippen molar-refractivity contribution >= 4 is 16.1 Å². The lowest BCUT2D eigenvalue weighted by molar-refractivity contribution is -0.137. The van der Waals surface area contributed by atoms with Crippen LogP contribution in [-0.2, 0) is 15.0 Å². The van der Waals surface area contributed by atoms with Crippen molar-refractivity contribution in [2.45, 2.75) is 51.9 Å². The van der Waals surface area contributed by atoms with Crippen LogP contribution in [0.3, 0.4) is 0 Å². The molecule has 6 nitrogen and oxygen atoms in total. The molecule has 134 valence electrons. The van der Waals surface area contributed by atoms with Gasteiger partial charge >= 0.3 is 0 Å². The Labute approximate surface area is 141 Å². The lowest BCUT2D eigenvalue weighted by atomic mass is 9.88. The number of nitrogens with zero attached hydrogens (tertiary/aromatic N) is 3. The third-order valence-corrected chi connectivity index (χ3v) is 7.04. The van der Waals surface area contributed by atoms with Crippen LogP contribution in [0.4, 0.5) is 0 Å². The average molecular weight is 346 g/mol. The number of rotatable bonds is 6. The van der Waals surface area contributed by atoms with Gasteiger partial charge in [0, 0.05) is 45.7 Å². The number of carbonyl (C=O) groups excluding carboxylic acids is 1. The molecule has 0 aromatic rings. The molecule has 7 heteroatoms. The number of unbranched alkanes of at least 4 members (excludes halogenated alkanes) is 1. The van der Waals surface area contributed by atoms with E-state index >= 15 is 0 Å². The van der Waals surface area contributed by atoms with Gasteiger partial charge in [-0.3, -0.25) is 4.79 Å². The van der Waals surface area contributed by atoms with Crippen molar-refractivity contribution in [2.24, 2.45) is 5.92 Å². The minimum absolute atomic E-state index is 0.166. The second-order valence-electron chi connectivity index (χ2n) is 6.74. The van der Waals surface area contributed by atoms with Crippen molar-refractivity contribution in [2.75, 3.05) is 39.8 Å².